The predicted molar refractivity (Wildman–Crippen MR) is 77.3 cm³/mol. The van der Waals surface area contributed by atoms with Crippen molar-refractivity contribution < 1.29 is 4.74 Å². The normalized spacial score (nSPS) is 23.0. The molecule has 0 N–H and O–H groups in total. The first-order chi connectivity index (χ1) is 9.08. The summed E-state index contributed by atoms with van der Waals surface area (Å²) in [5, 5.41) is 0.679. The van der Waals surface area contributed by atoms with Crippen molar-refractivity contribution in [3.8, 4) is 5.75 Å². The van der Waals surface area contributed by atoms with Crippen molar-refractivity contribution >= 4 is 17.4 Å². The average molecular weight is 282 g/mol. The standard InChI is InChI=1S/C14H20ClN3O/c1-9(2)17-4-5-18-11(7-17)8-19-13-10(3)12(15)6-16-14(13)18/h6,9,11H,4-5,7-8H2,1-3H3. The summed E-state index contributed by atoms with van der Waals surface area (Å²) in [6.45, 7) is 10.3. The van der Waals surface area contributed by atoms with Gasteiger partial charge >= 0.3 is 0 Å². The van der Waals surface area contributed by atoms with E-state index in [0.29, 0.717) is 17.1 Å². The second kappa shape index (κ2) is 4.84. The lowest BCUT2D eigenvalue weighted by Crippen LogP contribution is -2.58. The minimum absolute atomic E-state index is 0.400. The third-order valence-corrected chi connectivity index (χ3v) is 4.52. The Bertz CT molecular complexity index is 492. The first-order valence-electron chi connectivity index (χ1n) is 6.86. The second-order valence-electron chi connectivity index (χ2n) is 5.63. The van der Waals surface area contributed by atoms with Crippen molar-refractivity contribution in [2.75, 3.05) is 31.1 Å². The fraction of sp³-hybridized carbons (Fsp3) is 0.643. The molecule has 0 aromatic carbocycles. The molecule has 104 valence electrons. The molecule has 1 saturated heterocycles. The summed E-state index contributed by atoms with van der Waals surface area (Å²) < 4.78 is 5.92. The molecule has 2 aliphatic rings. The molecular weight excluding hydrogens is 262 g/mol. The van der Waals surface area contributed by atoms with Gasteiger partial charge in [-0.3, -0.25) is 4.90 Å². The first kappa shape index (κ1) is 13.0. The Morgan fingerprint density at radius 3 is 2.95 bits per heavy atom. The van der Waals surface area contributed by atoms with Crippen LogP contribution in [0.4, 0.5) is 5.82 Å². The van der Waals surface area contributed by atoms with Crippen LogP contribution in [0.3, 0.4) is 0 Å². The molecule has 3 heterocycles. The second-order valence-corrected chi connectivity index (χ2v) is 6.04. The number of ether oxygens (including phenoxy) is 1. The Morgan fingerprint density at radius 1 is 1.42 bits per heavy atom. The van der Waals surface area contributed by atoms with Gasteiger partial charge in [0, 0.05) is 37.4 Å². The Kier molecular flexibility index (Phi) is 3.31. The van der Waals surface area contributed by atoms with E-state index in [1.807, 2.05) is 6.92 Å². The Morgan fingerprint density at radius 2 is 2.21 bits per heavy atom. The number of hydrogen-bond donors (Lipinski definition) is 0. The fourth-order valence-corrected chi connectivity index (χ4v) is 3.01. The minimum Gasteiger partial charge on any atom is -0.487 e. The molecule has 0 bridgehead atoms. The first-order valence-corrected chi connectivity index (χ1v) is 7.24. The summed E-state index contributed by atoms with van der Waals surface area (Å²) in [4.78, 5) is 9.36. The lowest BCUT2D eigenvalue weighted by molar-refractivity contribution is 0.140. The van der Waals surface area contributed by atoms with Gasteiger partial charge in [0.1, 0.15) is 6.61 Å². The number of anilines is 1. The van der Waals surface area contributed by atoms with Crippen LogP contribution in [0.2, 0.25) is 5.02 Å². The van der Waals surface area contributed by atoms with Crippen LogP contribution in [0.15, 0.2) is 6.20 Å². The van der Waals surface area contributed by atoms with E-state index in [4.69, 9.17) is 16.3 Å². The van der Waals surface area contributed by atoms with Crippen LogP contribution in [0, 0.1) is 6.92 Å². The third kappa shape index (κ3) is 2.17. The molecule has 19 heavy (non-hydrogen) atoms. The maximum absolute atomic E-state index is 6.12. The topological polar surface area (TPSA) is 28.6 Å². The summed E-state index contributed by atoms with van der Waals surface area (Å²) in [6, 6.07) is 0.986. The average Bonchev–Trinajstić information content (AvgIpc) is 2.41. The van der Waals surface area contributed by atoms with Gasteiger partial charge in [0.2, 0.25) is 0 Å². The summed E-state index contributed by atoms with van der Waals surface area (Å²) in [7, 11) is 0. The smallest absolute Gasteiger partial charge is 0.172 e. The van der Waals surface area contributed by atoms with Gasteiger partial charge in [0.15, 0.2) is 11.6 Å². The van der Waals surface area contributed by atoms with E-state index < -0.39 is 0 Å². The van der Waals surface area contributed by atoms with E-state index in [2.05, 4.69) is 28.6 Å². The summed E-state index contributed by atoms with van der Waals surface area (Å²) in [5.74, 6) is 1.82. The van der Waals surface area contributed by atoms with E-state index in [0.717, 1.165) is 43.4 Å². The van der Waals surface area contributed by atoms with Crippen LogP contribution in [0.5, 0.6) is 5.75 Å². The van der Waals surface area contributed by atoms with Gasteiger partial charge in [-0.05, 0) is 20.8 Å². The molecule has 5 heteroatoms. The highest BCUT2D eigenvalue weighted by molar-refractivity contribution is 6.31. The molecule has 1 fully saturated rings. The molecular formula is C14H20ClN3O. The zero-order chi connectivity index (χ0) is 13.6. The molecule has 0 saturated carbocycles. The minimum atomic E-state index is 0.400. The zero-order valence-electron chi connectivity index (χ0n) is 11.7. The molecule has 1 aromatic heterocycles. The third-order valence-electron chi connectivity index (χ3n) is 4.14. The molecule has 1 unspecified atom stereocenters. The van der Waals surface area contributed by atoms with E-state index >= 15 is 0 Å². The lowest BCUT2D eigenvalue weighted by atomic mass is 10.1. The van der Waals surface area contributed by atoms with Gasteiger partial charge in [-0.2, -0.15) is 0 Å². The molecule has 0 spiro atoms. The molecule has 0 aliphatic carbocycles. The number of piperazine rings is 1. The highest BCUT2D eigenvalue weighted by Crippen LogP contribution is 2.38. The summed E-state index contributed by atoms with van der Waals surface area (Å²) in [5.41, 5.74) is 0.997. The number of rotatable bonds is 1. The lowest BCUT2D eigenvalue weighted by Gasteiger charge is -2.46. The maximum atomic E-state index is 6.12. The van der Waals surface area contributed by atoms with E-state index in [9.17, 15) is 0 Å². The SMILES string of the molecule is Cc1c(Cl)cnc2c1OCC1CN(C(C)C)CCN21. The van der Waals surface area contributed by atoms with Gasteiger partial charge in [-0.15, -0.1) is 0 Å². The van der Waals surface area contributed by atoms with Crippen molar-refractivity contribution in [1.29, 1.82) is 0 Å². The van der Waals surface area contributed by atoms with Crippen LogP contribution in [0.1, 0.15) is 19.4 Å². The van der Waals surface area contributed by atoms with Crippen LogP contribution < -0.4 is 9.64 Å². The summed E-state index contributed by atoms with van der Waals surface area (Å²) in [6.07, 6.45) is 1.73. The highest BCUT2D eigenvalue weighted by atomic mass is 35.5. The van der Waals surface area contributed by atoms with Crippen molar-refractivity contribution in [1.82, 2.24) is 9.88 Å². The van der Waals surface area contributed by atoms with Crippen molar-refractivity contribution in [3.05, 3.63) is 16.8 Å². The van der Waals surface area contributed by atoms with Gasteiger partial charge in [0.25, 0.3) is 0 Å². The highest BCUT2D eigenvalue weighted by Gasteiger charge is 2.35. The van der Waals surface area contributed by atoms with Crippen molar-refractivity contribution in [2.45, 2.75) is 32.9 Å². The van der Waals surface area contributed by atoms with E-state index in [1.165, 1.54) is 0 Å². The number of hydrogen-bond acceptors (Lipinski definition) is 4. The zero-order valence-corrected chi connectivity index (χ0v) is 12.4. The quantitative estimate of drug-likeness (QED) is 0.790. The maximum Gasteiger partial charge on any atom is 0.172 e. The monoisotopic (exact) mass is 281 g/mol. The van der Waals surface area contributed by atoms with Crippen LogP contribution >= 0.6 is 11.6 Å². The molecule has 0 amide bonds. The molecule has 4 nitrogen and oxygen atoms in total. The largest absolute Gasteiger partial charge is 0.487 e. The van der Waals surface area contributed by atoms with E-state index in [-0.39, 0.29) is 0 Å². The molecule has 2 aliphatic heterocycles. The molecule has 3 rings (SSSR count). The number of aromatic nitrogens is 1. The van der Waals surface area contributed by atoms with Gasteiger partial charge in [-0.25, -0.2) is 4.98 Å². The van der Waals surface area contributed by atoms with Crippen molar-refractivity contribution in [3.63, 3.8) is 0 Å². The Hall–Kier alpha value is -1.00. The van der Waals surface area contributed by atoms with Gasteiger partial charge < -0.3 is 9.64 Å². The summed E-state index contributed by atoms with van der Waals surface area (Å²) >= 11 is 6.12. The fourth-order valence-electron chi connectivity index (χ4n) is 2.88. The van der Waals surface area contributed by atoms with E-state index in [1.54, 1.807) is 6.20 Å². The number of pyridine rings is 1. The Labute approximate surface area is 119 Å². The number of halogens is 1. The molecule has 1 atom stereocenters. The van der Waals surface area contributed by atoms with Gasteiger partial charge in [-0.1, -0.05) is 11.6 Å². The van der Waals surface area contributed by atoms with Crippen LogP contribution in [-0.4, -0.2) is 48.2 Å². The molecule has 0 radical (unpaired) electrons. The molecule has 1 aromatic rings. The van der Waals surface area contributed by atoms with Crippen molar-refractivity contribution in [2.24, 2.45) is 0 Å². The predicted octanol–water partition coefficient (Wildman–Crippen LogP) is 2.33. The number of nitrogens with zero attached hydrogens (tertiary/aromatic N) is 3. The Balaban J connectivity index is 1.89. The van der Waals surface area contributed by atoms with Gasteiger partial charge in [0.05, 0.1) is 11.1 Å². The van der Waals surface area contributed by atoms with Crippen LogP contribution in [-0.2, 0) is 0 Å². The van der Waals surface area contributed by atoms with Crippen LogP contribution in [0.25, 0.3) is 0 Å². The number of fused-ring (bicyclic) bond motifs is 3.